The zero-order valence-electron chi connectivity index (χ0n) is 8.61. The van der Waals surface area contributed by atoms with Crippen molar-refractivity contribution < 1.29 is 9.50 Å². The van der Waals surface area contributed by atoms with Crippen molar-refractivity contribution in [1.82, 2.24) is 0 Å². The first-order valence-corrected chi connectivity index (χ1v) is 5.17. The summed E-state index contributed by atoms with van der Waals surface area (Å²) in [6.07, 6.45) is 0. The fraction of sp³-hybridized carbons (Fsp3) is 0. The Morgan fingerprint density at radius 2 is 1.88 bits per heavy atom. The van der Waals surface area contributed by atoms with Crippen molar-refractivity contribution in [1.29, 1.82) is 5.26 Å². The maximum Gasteiger partial charge on any atom is 0.127 e. The molecule has 0 amide bonds. The standard InChI is InChI=1S/C13H7ClFNO/c14-13-2-1-8(3-10(13)7-16)9-4-11(15)6-12(17)5-9/h1-6,17H. The van der Waals surface area contributed by atoms with Crippen LogP contribution in [-0.4, -0.2) is 5.11 Å². The minimum Gasteiger partial charge on any atom is -0.508 e. The molecule has 0 saturated heterocycles. The summed E-state index contributed by atoms with van der Waals surface area (Å²) in [4.78, 5) is 0. The van der Waals surface area contributed by atoms with E-state index in [2.05, 4.69) is 0 Å². The maximum absolute atomic E-state index is 13.1. The molecule has 2 rings (SSSR count). The van der Waals surface area contributed by atoms with Crippen molar-refractivity contribution in [3.05, 3.63) is 52.8 Å². The highest BCUT2D eigenvalue weighted by Gasteiger charge is 2.06. The summed E-state index contributed by atoms with van der Waals surface area (Å²) in [6, 6.07) is 10.5. The molecular weight excluding hydrogens is 241 g/mol. The molecule has 17 heavy (non-hydrogen) atoms. The van der Waals surface area contributed by atoms with Crippen LogP contribution in [0.5, 0.6) is 5.75 Å². The summed E-state index contributed by atoms with van der Waals surface area (Å²) in [5.74, 6) is -0.693. The second kappa shape index (κ2) is 4.44. The van der Waals surface area contributed by atoms with Gasteiger partial charge in [0.1, 0.15) is 17.6 Å². The lowest BCUT2D eigenvalue weighted by atomic mass is 10.0. The number of phenolic OH excluding ortho intramolecular Hbond substituents is 1. The Labute approximate surface area is 103 Å². The maximum atomic E-state index is 13.1. The Morgan fingerprint density at radius 1 is 1.12 bits per heavy atom. The van der Waals surface area contributed by atoms with Gasteiger partial charge in [-0.3, -0.25) is 0 Å². The molecule has 0 spiro atoms. The molecule has 0 bridgehead atoms. The van der Waals surface area contributed by atoms with Gasteiger partial charge in [0.2, 0.25) is 0 Å². The number of nitriles is 1. The first-order valence-electron chi connectivity index (χ1n) is 4.80. The molecule has 2 aromatic carbocycles. The van der Waals surface area contributed by atoms with Crippen LogP contribution in [0.15, 0.2) is 36.4 Å². The van der Waals surface area contributed by atoms with Gasteiger partial charge in [0.05, 0.1) is 10.6 Å². The van der Waals surface area contributed by atoms with E-state index in [0.717, 1.165) is 6.07 Å². The summed E-state index contributed by atoms with van der Waals surface area (Å²) in [5, 5.41) is 18.5. The third-order valence-corrected chi connectivity index (χ3v) is 2.63. The van der Waals surface area contributed by atoms with Crippen LogP contribution in [0.25, 0.3) is 11.1 Å². The second-order valence-corrected chi connectivity index (χ2v) is 3.91. The van der Waals surface area contributed by atoms with Crippen LogP contribution in [-0.2, 0) is 0 Å². The van der Waals surface area contributed by atoms with Gasteiger partial charge >= 0.3 is 0 Å². The molecular formula is C13H7ClFNO. The molecule has 84 valence electrons. The van der Waals surface area contributed by atoms with Gasteiger partial charge in [-0.05, 0) is 35.4 Å². The van der Waals surface area contributed by atoms with E-state index in [1.54, 1.807) is 18.2 Å². The monoisotopic (exact) mass is 247 g/mol. The largest absolute Gasteiger partial charge is 0.508 e. The highest BCUT2D eigenvalue weighted by molar-refractivity contribution is 6.31. The normalized spacial score (nSPS) is 9.94. The Morgan fingerprint density at radius 3 is 2.53 bits per heavy atom. The molecule has 4 heteroatoms. The molecule has 0 atom stereocenters. The van der Waals surface area contributed by atoms with Crippen LogP contribution in [0, 0.1) is 17.1 Å². The van der Waals surface area contributed by atoms with Crippen LogP contribution in [0.3, 0.4) is 0 Å². The molecule has 0 radical (unpaired) electrons. The summed E-state index contributed by atoms with van der Waals surface area (Å²) < 4.78 is 13.1. The van der Waals surface area contributed by atoms with Crippen LogP contribution in [0.4, 0.5) is 4.39 Å². The third-order valence-electron chi connectivity index (χ3n) is 2.30. The van der Waals surface area contributed by atoms with E-state index in [9.17, 15) is 9.50 Å². The van der Waals surface area contributed by atoms with Crippen molar-refractivity contribution in [2.45, 2.75) is 0 Å². The fourth-order valence-electron chi connectivity index (χ4n) is 1.53. The summed E-state index contributed by atoms with van der Waals surface area (Å²) in [6.45, 7) is 0. The molecule has 0 fully saturated rings. The molecule has 0 aromatic heterocycles. The van der Waals surface area contributed by atoms with Crippen molar-refractivity contribution >= 4 is 11.6 Å². The van der Waals surface area contributed by atoms with Gasteiger partial charge in [0, 0.05) is 6.07 Å². The molecule has 0 saturated carbocycles. The van der Waals surface area contributed by atoms with Gasteiger partial charge in [-0.1, -0.05) is 17.7 Å². The zero-order chi connectivity index (χ0) is 12.4. The summed E-state index contributed by atoms with van der Waals surface area (Å²) >= 11 is 5.80. The quantitative estimate of drug-likeness (QED) is 0.835. The number of benzene rings is 2. The lowest BCUT2D eigenvalue weighted by molar-refractivity contribution is 0.469. The van der Waals surface area contributed by atoms with Crippen molar-refractivity contribution in [2.75, 3.05) is 0 Å². The number of phenols is 1. The predicted molar refractivity (Wildman–Crippen MR) is 63.2 cm³/mol. The highest BCUT2D eigenvalue weighted by Crippen LogP contribution is 2.28. The lowest BCUT2D eigenvalue weighted by Gasteiger charge is -2.04. The van der Waals surface area contributed by atoms with Crippen molar-refractivity contribution in [3.63, 3.8) is 0 Å². The SMILES string of the molecule is N#Cc1cc(-c2cc(O)cc(F)c2)ccc1Cl. The number of aromatic hydroxyl groups is 1. The number of hydrogen-bond acceptors (Lipinski definition) is 2. The summed E-state index contributed by atoms with van der Waals surface area (Å²) in [5.41, 5.74) is 1.43. The first-order chi connectivity index (χ1) is 8.10. The average Bonchev–Trinajstić information content (AvgIpc) is 2.28. The molecule has 0 aliphatic heterocycles. The first kappa shape index (κ1) is 11.4. The fourth-order valence-corrected chi connectivity index (χ4v) is 1.69. The second-order valence-electron chi connectivity index (χ2n) is 3.50. The summed E-state index contributed by atoms with van der Waals surface area (Å²) in [7, 11) is 0. The Bertz CT molecular complexity index is 599. The Kier molecular flexibility index (Phi) is 2.99. The van der Waals surface area contributed by atoms with Crippen LogP contribution in [0.1, 0.15) is 5.56 Å². The molecule has 0 unspecified atom stereocenters. The molecule has 0 heterocycles. The van der Waals surface area contributed by atoms with E-state index >= 15 is 0 Å². The number of nitrogens with zero attached hydrogens (tertiary/aromatic N) is 1. The Balaban J connectivity index is 2.57. The van der Waals surface area contributed by atoms with E-state index in [0.29, 0.717) is 21.7 Å². The average molecular weight is 248 g/mol. The van der Waals surface area contributed by atoms with Crippen molar-refractivity contribution in [2.24, 2.45) is 0 Å². The van der Waals surface area contributed by atoms with Gasteiger partial charge in [-0.2, -0.15) is 5.26 Å². The minimum atomic E-state index is -0.534. The molecule has 2 aromatic rings. The number of rotatable bonds is 1. The van der Waals surface area contributed by atoms with Gasteiger partial charge in [0.15, 0.2) is 0 Å². The molecule has 1 N–H and O–H groups in total. The zero-order valence-corrected chi connectivity index (χ0v) is 9.37. The molecule has 0 aliphatic rings. The number of hydrogen-bond donors (Lipinski definition) is 1. The van der Waals surface area contributed by atoms with Gasteiger partial charge in [-0.25, -0.2) is 4.39 Å². The topological polar surface area (TPSA) is 44.0 Å². The van der Waals surface area contributed by atoms with E-state index in [4.69, 9.17) is 16.9 Å². The van der Waals surface area contributed by atoms with Crippen molar-refractivity contribution in [3.8, 4) is 22.9 Å². The molecule has 2 nitrogen and oxygen atoms in total. The van der Waals surface area contributed by atoms with E-state index in [1.807, 2.05) is 6.07 Å². The van der Waals surface area contributed by atoms with Crippen LogP contribution < -0.4 is 0 Å². The third kappa shape index (κ3) is 2.38. The van der Waals surface area contributed by atoms with Gasteiger partial charge in [0.25, 0.3) is 0 Å². The predicted octanol–water partition coefficient (Wildman–Crippen LogP) is 3.72. The lowest BCUT2D eigenvalue weighted by Crippen LogP contribution is -1.83. The molecule has 0 aliphatic carbocycles. The van der Waals surface area contributed by atoms with Crippen LogP contribution in [0.2, 0.25) is 5.02 Å². The Hall–Kier alpha value is -2.05. The van der Waals surface area contributed by atoms with Crippen LogP contribution >= 0.6 is 11.6 Å². The minimum absolute atomic E-state index is 0.159. The van der Waals surface area contributed by atoms with E-state index < -0.39 is 5.82 Å². The van der Waals surface area contributed by atoms with Gasteiger partial charge < -0.3 is 5.11 Å². The smallest absolute Gasteiger partial charge is 0.127 e. The van der Waals surface area contributed by atoms with E-state index in [-0.39, 0.29) is 5.75 Å². The number of halogens is 2. The van der Waals surface area contributed by atoms with E-state index in [1.165, 1.54) is 12.1 Å². The highest BCUT2D eigenvalue weighted by atomic mass is 35.5. The van der Waals surface area contributed by atoms with Gasteiger partial charge in [-0.15, -0.1) is 0 Å².